The molecule has 0 spiro atoms. The molecule has 3 rings (SSSR count). The van der Waals surface area contributed by atoms with Crippen LogP contribution in [0.15, 0.2) is 65.1 Å². The maximum absolute atomic E-state index is 12.0. The average Bonchev–Trinajstić information content (AvgIpc) is 3.05. The molecule has 2 aromatic carbocycles. The monoisotopic (exact) mass is 322 g/mol. The van der Waals surface area contributed by atoms with Crippen LogP contribution in [0.4, 0.5) is 0 Å². The Labute approximate surface area is 139 Å². The Hall–Kier alpha value is -3.08. The molecule has 0 aliphatic rings. The van der Waals surface area contributed by atoms with Crippen LogP contribution in [0.3, 0.4) is 0 Å². The molecule has 0 radical (unpaired) electrons. The van der Waals surface area contributed by atoms with E-state index in [1.807, 2.05) is 43.3 Å². The Morgan fingerprint density at radius 2 is 1.75 bits per heavy atom. The molecule has 0 saturated heterocycles. The lowest BCUT2D eigenvalue weighted by Crippen LogP contribution is -2.37. The molecule has 2 N–H and O–H groups in total. The van der Waals surface area contributed by atoms with Crippen LogP contribution in [0.1, 0.15) is 29.1 Å². The molecule has 122 valence electrons. The lowest BCUT2D eigenvalue weighted by atomic mass is 10.2. The van der Waals surface area contributed by atoms with Crippen molar-refractivity contribution in [2.45, 2.75) is 13.0 Å². The van der Waals surface area contributed by atoms with Crippen molar-refractivity contribution in [3.05, 3.63) is 72.0 Å². The van der Waals surface area contributed by atoms with Gasteiger partial charge in [0.05, 0.1) is 12.6 Å². The molecule has 1 aromatic heterocycles. The van der Waals surface area contributed by atoms with Crippen molar-refractivity contribution >= 4 is 22.8 Å². The predicted molar refractivity (Wildman–Crippen MR) is 91.5 cm³/mol. The lowest BCUT2D eigenvalue weighted by molar-refractivity contribution is -0.120. The number of furan rings is 1. The fourth-order valence-corrected chi connectivity index (χ4v) is 2.43. The Morgan fingerprint density at radius 1 is 1.04 bits per heavy atom. The molecule has 0 bridgehead atoms. The molecule has 1 atom stereocenters. The second-order valence-electron chi connectivity index (χ2n) is 5.52. The van der Waals surface area contributed by atoms with Crippen LogP contribution in [0.25, 0.3) is 11.0 Å². The summed E-state index contributed by atoms with van der Waals surface area (Å²) in [6.07, 6.45) is 0. The highest BCUT2D eigenvalue weighted by molar-refractivity contribution is 5.96. The molecule has 0 aliphatic carbocycles. The number of amides is 2. The van der Waals surface area contributed by atoms with Crippen LogP contribution in [0.2, 0.25) is 0 Å². The highest BCUT2D eigenvalue weighted by atomic mass is 16.3. The van der Waals surface area contributed by atoms with E-state index in [4.69, 9.17) is 4.42 Å². The molecule has 2 amide bonds. The van der Waals surface area contributed by atoms with E-state index >= 15 is 0 Å². The van der Waals surface area contributed by atoms with E-state index in [0.29, 0.717) is 11.3 Å². The third kappa shape index (κ3) is 3.63. The number of benzene rings is 2. The van der Waals surface area contributed by atoms with Gasteiger partial charge in [0.25, 0.3) is 5.91 Å². The van der Waals surface area contributed by atoms with Gasteiger partial charge in [0.1, 0.15) is 11.3 Å². The van der Waals surface area contributed by atoms with Crippen molar-refractivity contribution in [3.63, 3.8) is 0 Å². The number of hydrogen-bond acceptors (Lipinski definition) is 3. The minimum absolute atomic E-state index is 0.0850. The standard InChI is InChI=1S/C19H18N2O3/c1-13(17-11-15-9-5-6-10-16(15)24-17)21-18(22)12-20-19(23)14-7-3-2-4-8-14/h2-11,13H,12H2,1H3,(H,20,23)(H,21,22)/t13-/m1/s1. The lowest BCUT2D eigenvalue weighted by Gasteiger charge is -2.12. The molecule has 0 saturated carbocycles. The van der Waals surface area contributed by atoms with Gasteiger partial charge in [-0.05, 0) is 31.2 Å². The fraction of sp³-hybridized carbons (Fsp3) is 0.158. The van der Waals surface area contributed by atoms with Crippen LogP contribution in [-0.2, 0) is 4.79 Å². The summed E-state index contributed by atoms with van der Waals surface area (Å²) in [5, 5.41) is 6.41. The largest absolute Gasteiger partial charge is 0.459 e. The zero-order valence-electron chi connectivity index (χ0n) is 13.3. The Morgan fingerprint density at radius 3 is 2.50 bits per heavy atom. The molecule has 0 fully saturated rings. The summed E-state index contributed by atoms with van der Waals surface area (Å²) in [5.41, 5.74) is 1.31. The number of nitrogens with one attached hydrogen (secondary N) is 2. The highest BCUT2D eigenvalue weighted by Crippen LogP contribution is 2.23. The number of carbonyl (C=O) groups excluding carboxylic acids is 2. The molecular weight excluding hydrogens is 304 g/mol. The van der Waals surface area contributed by atoms with E-state index in [9.17, 15) is 9.59 Å². The molecule has 0 aliphatic heterocycles. The number of hydrogen-bond donors (Lipinski definition) is 2. The summed E-state index contributed by atoms with van der Waals surface area (Å²) in [7, 11) is 0. The van der Waals surface area contributed by atoms with Crippen LogP contribution >= 0.6 is 0 Å². The van der Waals surface area contributed by atoms with Crippen molar-refractivity contribution in [3.8, 4) is 0 Å². The minimum Gasteiger partial charge on any atom is -0.459 e. The quantitative estimate of drug-likeness (QED) is 0.758. The number of para-hydroxylation sites is 1. The zero-order chi connectivity index (χ0) is 16.9. The van der Waals surface area contributed by atoms with E-state index in [0.717, 1.165) is 11.0 Å². The van der Waals surface area contributed by atoms with Crippen molar-refractivity contribution in [1.82, 2.24) is 10.6 Å². The first kappa shape index (κ1) is 15.8. The highest BCUT2D eigenvalue weighted by Gasteiger charge is 2.15. The summed E-state index contributed by atoms with van der Waals surface area (Å²) >= 11 is 0. The fourth-order valence-electron chi connectivity index (χ4n) is 2.43. The van der Waals surface area contributed by atoms with Crippen molar-refractivity contribution in [2.75, 3.05) is 6.54 Å². The third-order valence-corrected chi connectivity index (χ3v) is 3.69. The van der Waals surface area contributed by atoms with E-state index in [-0.39, 0.29) is 24.4 Å². The smallest absolute Gasteiger partial charge is 0.251 e. The molecule has 0 unspecified atom stereocenters. The minimum atomic E-state index is -0.279. The summed E-state index contributed by atoms with van der Waals surface area (Å²) < 4.78 is 5.72. The summed E-state index contributed by atoms with van der Waals surface area (Å²) in [6, 6.07) is 18.1. The molecule has 5 nitrogen and oxygen atoms in total. The van der Waals surface area contributed by atoms with Crippen molar-refractivity contribution < 1.29 is 14.0 Å². The molecule has 24 heavy (non-hydrogen) atoms. The SMILES string of the molecule is C[C@@H](NC(=O)CNC(=O)c1ccccc1)c1cc2ccccc2o1. The van der Waals surface area contributed by atoms with Gasteiger partial charge in [0, 0.05) is 10.9 Å². The maximum atomic E-state index is 12.0. The first-order chi connectivity index (χ1) is 11.6. The number of rotatable bonds is 5. The van der Waals surface area contributed by atoms with Crippen molar-refractivity contribution in [2.24, 2.45) is 0 Å². The van der Waals surface area contributed by atoms with Crippen molar-refractivity contribution in [1.29, 1.82) is 0 Å². The van der Waals surface area contributed by atoms with Gasteiger partial charge in [-0.2, -0.15) is 0 Å². The third-order valence-electron chi connectivity index (χ3n) is 3.69. The molecule has 1 heterocycles. The van der Waals surface area contributed by atoms with Crippen LogP contribution in [0, 0.1) is 0 Å². The number of carbonyl (C=O) groups is 2. The van der Waals surface area contributed by atoms with Gasteiger partial charge in [-0.3, -0.25) is 9.59 Å². The summed E-state index contributed by atoms with van der Waals surface area (Å²) in [6.45, 7) is 1.76. The predicted octanol–water partition coefficient (Wildman–Crippen LogP) is 3.04. The van der Waals surface area contributed by atoms with Crippen LogP contribution in [0.5, 0.6) is 0 Å². The molecular formula is C19H18N2O3. The van der Waals surface area contributed by atoms with Gasteiger partial charge in [0.15, 0.2) is 0 Å². The van der Waals surface area contributed by atoms with E-state index < -0.39 is 0 Å². The first-order valence-corrected chi connectivity index (χ1v) is 7.74. The maximum Gasteiger partial charge on any atom is 0.251 e. The van der Waals surface area contributed by atoms with Gasteiger partial charge < -0.3 is 15.1 Å². The second kappa shape index (κ2) is 7.00. The van der Waals surface area contributed by atoms with Gasteiger partial charge in [-0.1, -0.05) is 36.4 Å². The topological polar surface area (TPSA) is 71.3 Å². The molecule has 5 heteroatoms. The zero-order valence-corrected chi connectivity index (χ0v) is 13.3. The van der Waals surface area contributed by atoms with Gasteiger partial charge >= 0.3 is 0 Å². The van der Waals surface area contributed by atoms with Gasteiger partial charge in [0.2, 0.25) is 5.91 Å². The first-order valence-electron chi connectivity index (χ1n) is 7.74. The van der Waals surface area contributed by atoms with Crippen LogP contribution in [-0.4, -0.2) is 18.4 Å². The van der Waals surface area contributed by atoms with Crippen LogP contribution < -0.4 is 10.6 Å². The second-order valence-corrected chi connectivity index (χ2v) is 5.52. The van der Waals surface area contributed by atoms with E-state index in [1.165, 1.54) is 0 Å². The average molecular weight is 322 g/mol. The Kier molecular flexibility index (Phi) is 4.61. The summed E-state index contributed by atoms with van der Waals surface area (Å²) in [4.78, 5) is 23.9. The van der Waals surface area contributed by atoms with Gasteiger partial charge in [-0.25, -0.2) is 0 Å². The summed E-state index contributed by atoms with van der Waals surface area (Å²) in [5.74, 6) is 0.133. The van der Waals surface area contributed by atoms with Gasteiger partial charge in [-0.15, -0.1) is 0 Å². The Bertz CT molecular complexity index is 822. The van der Waals surface area contributed by atoms with E-state index in [2.05, 4.69) is 10.6 Å². The van der Waals surface area contributed by atoms with E-state index in [1.54, 1.807) is 24.3 Å². The Balaban J connectivity index is 1.55. The normalized spacial score (nSPS) is 11.9. The molecule has 3 aromatic rings. The number of fused-ring (bicyclic) bond motifs is 1.